The number of hydrogen-bond acceptors (Lipinski definition) is 3. The van der Waals surface area contributed by atoms with E-state index in [-0.39, 0.29) is 28.8 Å². The van der Waals surface area contributed by atoms with Crippen LogP contribution >= 0.6 is 0 Å². The van der Waals surface area contributed by atoms with Gasteiger partial charge in [-0.05, 0) is 35.4 Å². The van der Waals surface area contributed by atoms with Gasteiger partial charge in [-0.15, -0.1) is 0 Å². The quantitative estimate of drug-likeness (QED) is 0.662. The van der Waals surface area contributed by atoms with Crippen LogP contribution in [-0.2, 0) is 10.2 Å². The summed E-state index contributed by atoms with van der Waals surface area (Å²) in [6.07, 6.45) is 3.24. The van der Waals surface area contributed by atoms with Crippen LogP contribution in [0, 0.1) is 5.92 Å². The summed E-state index contributed by atoms with van der Waals surface area (Å²) in [6.45, 7) is 6.34. The molecule has 4 nitrogen and oxygen atoms in total. The van der Waals surface area contributed by atoms with E-state index in [1.165, 1.54) is 0 Å². The molecule has 0 aromatic heterocycles. The highest BCUT2D eigenvalue weighted by atomic mass is 16.1. The second kappa shape index (κ2) is 7.70. The number of carbonyl (C=O) groups excluding carboxylic acids is 3. The van der Waals surface area contributed by atoms with Crippen molar-refractivity contribution in [3.63, 3.8) is 0 Å². The number of ketones is 2. The fraction of sp³-hybridized carbons (Fsp3) is 0.375. The van der Waals surface area contributed by atoms with E-state index in [9.17, 15) is 14.4 Å². The molecule has 2 aromatic rings. The Morgan fingerprint density at radius 1 is 0.964 bits per heavy atom. The Morgan fingerprint density at radius 3 is 2.14 bits per heavy atom. The summed E-state index contributed by atoms with van der Waals surface area (Å²) in [4.78, 5) is 36.7. The Hall–Kier alpha value is -2.75. The second-order valence-electron chi connectivity index (χ2n) is 8.52. The minimum absolute atomic E-state index is 0.0852. The maximum absolute atomic E-state index is 12.9. The van der Waals surface area contributed by atoms with Crippen molar-refractivity contribution in [2.24, 2.45) is 11.7 Å². The number of benzene rings is 2. The van der Waals surface area contributed by atoms with Gasteiger partial charge in [-0.25, -0.2) is 0 Å². The van der Waals surface area contributed by atoms with Crippen LogP contribution in [-0.4, -0.2) is 17.5 Å². The van der Waals surface area contributed by atoms with E-state index in [1.807, 2.05) is 19.1 Å². The molecule has 0 aliphatic heterocycles. The topological polar surface area (TPSA) is 77.2 Å². The van der Waals surface area contributed by atoms with E-state index >= 15 is 0 Å². The first-order valence-corrected chi connectivity index (χ1v) is 9.82. The summed E-state index contributed by atoms with van der Waals surface area (Å²) in [5.41, 5.74) is 8.12. The smallest absolute Gasteiger partial charge is 0.217 e. The average molecular weight is 377 g/mol. The Kier molecular flexibility index (Phi) is 5.50. The minimum atomic E-state index is -0.259. The third kappa shape index (κ3) is 3.91. The van der Waals surface area contributed by atoms with Crippen LogP contribution in [0.15, 0.2) is 42.5 Å². The molecule has 0 saturated heterocycles. The molecule has 3 rings (SSSR count). The summed E-state index contributed by atoms with van der Waals surface area (Å²) in [7, 11) is 0. The SMILES string of the molecule is CC(CCCC(C)(C)c1ccc2c(c1)C(=O)c1ccccc1C2=O)CC(N)=O. The van der Waals surface area contributed by atoms with Gasteiger partial charge in [-0.3, -0.25) is 14.4 Å². The predicted molar refractivity (Wildman–Crippen MR) is 110 cm³/mol. The molecule has 2 aromatic carbocycles. The van der Waals surface area contributed by atoms with Gasteiger partial charge in [-0.1, -0.05) is 63.9 Å². The fourth-order valence-corrected chi connectivity index (χ4v) is 4.00. The van der Waals surface area contributed by atoms with Crippen LogP contribution in [0.4, 0.5) is 0 Å². The zero-order valence-corrected chi connectivity index (χ0v) is 16.7. The van der Waals surface area contributed by atoms with Crippen molar-refractivity contribution in [2.75, 3.05) is 0 Å². The summed E-state index contributed by atoms with van der Waals surface area (Å²) in [5, 5.41) is 0. The van der Waals surface area contributed by atoms with Gasteiger partial charge in [0.1, 0.15) is 0 Å². The minimum Gasteiger partial charge on any atom is -0.370 e. The fourth-order valence-electron chi connectivity index (χ4n) is 4.00. The van der Waals surface area contributed by atoms with Crippen LogP contribution in [0.1, 0.15) is 83.9 Å². The molecule has 1 aliphatic rings. The van der Waals surface area contributed by atoms with Crippen LogP contribution in [0.3, 0.4) is 0 Å². The van der Waals surface area contributed by atoms with E-state index in [4.69, 9.17) is 5.73 Å². The number of primary amides is 1. The van der Waals surface area contributed by atoms with Crippen molar-refractivity contribution in [3.05, 3.63) is 70.3 Å². The summed E-state index contributed by atoms with van der Waals surface area (Å²) in [5.74, 6) is -0.162. The number of nitrogens with two attached hydrogens (primary N) is 1. The highest BCUT2D eigenvalue weighted by molar-refractivity contribution is 6.28. The molecule has 1 atom stereocenters. The van der Waals surface area contributed by atoms with Crippen molar-refractivity contribution in [2.45, 2.75) is 51.9 Å². The monoisotopic (exact) mass is 377 g/mol. The highest BCUT2D eigenvalue weighted by Crippen LogP contribution is 2.34. The summed E-state index contributed by atoms with van der Waals surface area (Å²) in [6, 6.07) is 12.6. The highest BCUT2D eigenvalue weighted by Gasteiger charge is 2.31. The van der Waals surface area contributed by atoms with E-state index < -0.39 is 0 Å². The van der Waals surface area contributed by atoms with Crippen LogP contribution in [0.5, 0.6) is 0 Å². The number of fused-ring (bicyclic) bond motifs is 2. The molecule has 0 fully saturated rings. The third-order valence-corrected chi connectivity index (χ3v) is 5.75. The lowest BCUT2D eigenvalue weighted by Gasteiger charge is -2.28. The zero-order chi connectivity index (χ0) is 20.5. The van der Waals surface area contributed by atoms with Gasteiger partial charge in [0.25, 0.3) is 0 Å². The molecule has 1 unspecified atom stereocenters. The van der Waals surface area contributed by atoms with Gasteiger partial charge in [0.15, 0.2) is 11.6 Å². The molecule has 0 saturated carbocycles. The van der Waals surface area contributed by atoms with Crippen molar-refractivity contribution < 1.29 is 14.4 Å². The Bertz CT molecular complexity index is 943. The Morgan fingerprint density at radius 2 is 1.54 bits per heavy atom. The maximum atomic E-state index is 12.9. The Labute approximate surface area is 166 Å². The molecule has 4 heteroatoms. The zero-order valence-electron chi connectivity index (χ0n) is 16.7. The van der Waals surface area contributed by atoms with Gasteiger partial charge in [0.2, 0.25) is 5.91 Å². The molecular formula is C24H27NO3. The molecule has 1 amide bonds. The first kappa shape index (κ1) is 20.0. The van der Waals surface area contributed by atoms with Gasteiger partial charge >= 0.3 is 0 Å². The summed E-state index contributed by atoms with van der Waals surface area (Å²) < 4.78 is 0. The number of hydrogen-bond donors (Lipinski definition) is 1. The van der Waals surface area contributed by atoms with Gasteiger partial charge in [0, 0.05) is 28.7 Å². The first-order chi connectivity index (χ1) is 13.2. The molecule has 28 heavy (non-hydrogen) atoms. The molecule has 0 radical (unpaired) electrons. The molecule has 2 N–H and O–H groups in total. The van der Waals surface area contributed by atoms with Gasteiger partial charge < -0.3 is 5.73 Å². The van der Waals surface area contributed by atoms with E-state index in [2.05, 4.69) is 13.8 Å². The maximum Gasteiger partial charge on any atom is 0.217 e. The van der Waals surface area contributed by atoms with Gasteiger partial charge in [0.05, 0.1) is 0 Å². The first-order valence-electron chi connectivity index (χ1n) is 9.82. The van der Waals surface area contributed by atoms with Crippen molar-refractivity contribution in [1.82, 2.24) is 0 Å². The van der Waals surface area contributed by atoms with E-state index in [0.717, 1.165) is 24.8 Å². The largest absolute Gasteiger partial charge is 0.370 e. The normalized spacial score (nSPS) is 14.4. The lowest BCUT2D eigenvalue weighted by atomic mass is 9.76. The Balaban J connectivity index is 1.80. The molecular weight excluding hydrogens is 350 g/mol. The van der Waals surface area contributed by atoms with Crippen molar-refractivity contribution in [1.29, 1.82) is 0 Å². The van der Waals surface area contributed by atoms with Crippen LogP contribution in [0.25, 0.3) is 0 Å². The molecule has 0 bridgehead atoms. The second-order valence-corrected chi connectivity index (χ2v) is 8.52. The lowest BCUT2D eigenvalue weighted by molar-refractivity contribution is -0.118. The summed E-state index contributed by atoms with van der Waals surface area (Å²) >= 11 is 0. The number of amides is 1. The molecule has 0 heterocycles. The van der Waals surface area contributed by atoms with Crippen LogP contribution < -0.4 is 5.73 Å². The van der Waals surface area contributed by atoms with Crippen molar-refractivity contribution in [3.8, 4) is 0 Å². The number of carbonyl (C=O) groups is 3. The standard InChI is InChI=1S/C24H27NO3/c1-15(13-21(25)26)7-6-12-24(2,3)16-10-11-19-20(14-16)23(28)18-9-5-4-8-17(18)22(19)27/h4-5,8-11,14-15H,6-7,12-13H2,1-3H3,(H2,25,26). The lowest BCUT2D eigenvalue weighted by Crippen LogP contribution is -2.23. The predicted octanol–water partition coefficient (Wildman–Crippen LogP) is 4.42. The van der Waals surface area contributed by atoms with Crippen LogP contribution in [0.2, 0.25) is 0 Å². The molecule has 146 valence electrons. The average Bonchev–Trinajstić information content (AvgIpc) is 2.65. The van der Waals surface area contributed by atoms with Crippen molar-refractivity contribution >= 4 is 17.5 Å². The number of rotatable bonds is 7. The molecule has 1 aliphatic carbocycles. The van der Waals surface area contributed by atoms with Gasteiger partial charge in [-0.2, -0.15) is 0 Å². The van der Waals surface area contributed by atoms with E-state index in [0.29, 0.717) is 28.7 Å². The third-order valence-electron chi connectivity index (χ3n) is 5.75. The van der Waals surface area contributed by atoms with E-state index in [1.54, 1.807) is 30.3 Å². The molecule has 0 spiro atoms.